The number of nitrogens with one attached hydrogen (secondary N) is 1. The van der Waals surface area contributed by atoms with Gasteiger partial charge in [-0.05, 0) is 74.6 Å². The van der Waals surface area contributed by atoms with Gasteiger partial charge in [0.05, 0.1) is 5.92 Å². The largest absolute Gasteiger partial charge is 0.461 e. The molecule has 2 heteroatoms. The Balaban J connectivity index is 1.05. The van der Waals surface area contributed by atoms with Crippen LogP contribution in [0.2, 0.25) is 0 Å². The Morgan fingerprint density at radius 3 is 2.22 bits per heavy atom. The van der Waals surface area contributed by atoms with Gasteiger partial charge in [-0.25, -0.2) is 0 Å². The Morgan fingerprint density at radius 1 is 0.634 bits per heavy atom. The summed E-state index contributed by atoms with van der Waals surface area (Å²) < 4.78 is 6.21. The summed E-state index contributed by atoms with van der Waals surface area (Å²) in [5.41, 5.74) is 6.96. The van der Waals surface area contributed by atoms with Crippen molar-refractivity contribution in [2.45, 2.75) is 18.3 Å². The summed E-state index contributed by atoms with van der Waals surface area (Å²) in [5.74, 6) is 2.18. The zero-order chi connectivity index (χ0) is 27.4. The van der Waals surface area contributed by atoms with E-state index in [0.29, 0.717) is 0 Å². The van der Waals surface area contributed by atoms with E-state index in [0.717, 1.165) is 22.9 Å². The number of hydrogen-bond acceptors (Lipinski definition) is 2. The number of hydrogen-bond donors (Lipinski definition) is 1. The number of ether oxygens (including phenoxy) is 1. The van der Waals surface area contributed by atoms with E-state index in [1.54, 1.807) is 0 Å². The molecule has 0 aromatic heterocycles. The molecule has 1 aliphatic heterocycles. The van der Waals surface area contributed by atoms with Gasteiger partial charge in [-0.15, -0.1) is 0 Å². The molecule has 2 nitrogen and oxygen atoms in total. The first kappa shape index (κ1) is 23.8. The van der Waals surface area contributed by atoms with Crippen LogP contribution in [0.25, 0.3) is 32.7 Å². The summed E-state index contributed by atoms with van der Waals surface area (Å²) in [6.07, 6.45) is 6.54. The number of para-hydroxylation sites is 1. The second kappa shape index (κ2) is 9.25. The third-order valence-corrected chi connectivity index (χ3v) is 8.82. The summed E-state index contributed by atoms with van der Waals surface area (Å²) in [4.78, 5) is 0. The molecule has 1 aliphatic carbocycles. The number of fused-ring (bicyclic) bond motifs is 6. The number of rotatable bonds is 4. The highest BCUT2D eigenvalue weighted by molar-refractivity contribution is 6.12. The predicted octanol–water partition coefficient (Wildman–Crippen LogP) is 10.3. The van der Waals surface area contributed by atoms with E-state index in [2.05, 4.69) is 152 Å². The molecule has 0 bridgehead atoms. The van der Waals surface area contributed by atoms with Gasteiger partial charge in [0.25, 0.3) is 0 Å². The SMILES string of the molecule is CC1(c2ccc(Nc3ccc(-c4cccc5c4ccc4ccccc45)cc3)cc2)C=CC=C2Oc3ccccc3C21. The van der Waals surface area contributed by atoms with Gasteiger partial charge in [-0.1, -0.05) is 116 Å². The molecule has 0 fully saturated rings. The molecule has 196 valence electrons. The summed E-state index contributed by atoms with van der Waals surface area (Å²) in [7, 11) is 0. The first-order chi connectivity index (χ1) is 20.2. The zero-order valence-electron chi connectivity index (χ0n) is 22.8. The van der Waals surface area contributed by atoms with Gasteiger partial charge in [-0.3, -0.25) is 0 Å². The van der Waals surface area contributed by atoms with Gasteiger partial charge < -0.3 is 10.1 Å². The Kier molecular flexibility index (Phi) is 5.36. The minimum atomic E-state index is -0.180. The highest BCUT2D eigenvalue weighted by Crippen LogP contribution is 2.53. The molecule has 1 N–H and O–H groups in total. The van der Waals surface area contributed by atoms with Crippen LogP contribution >= 0.6 is 0 Å². The van der Waals surface area contributed by atoms with Crippen molar-refractivity contribution in [1.29, 1.82) is 0 Å². The van der Waals surface area contributed by atoms with Crippen molar-refractivity contribution in [3.8, 4) is 16.9 Å². The average Bonchev–Trinajstić information content (AvgIpc) is 3.42. The van der Waals surface area contributed by atoms with Gasteiger partial charge in [-0.2, -0.15) is 0 Å². The molecule has 0 saturated heterocycles. The average molecular weight is 528 g/mol. The molecule has 6 aromatic rings. The molecule has 0 saturated carbocycles. The second-order valence-electron chi connectivity index (χ2n) is 11.3. The maximum Gasteiger partial charge on any atom is 0.130 e. The predicted molar refractivity (Wildman–Crippen MR) is 171 cm³/mol. The van der Waals surface area contributed by atoms with E-state index >= 15 is 0 Å². The Hall–Kier alpha value is -5.08. The zero-order valence-corrected chi connectivity index (χ0v) is 22.8. The van der Waals surface area contributed by atoms with E-state index < -0.39 is 0 Å². The second-order valence-corrected chi connectivity index (χ2v) is 11.3. The molecule has 0 radical (unpaired) electrons. The van der Waals surface area contributed by atoms with Crippen molar-refractivity contribution < 1.29 is 4.74 Å². The molecule has 1 heterocycles. The van der Waals surface area contributed by atoms with E-state index in [4.69, 9.17) is 4.74 Å². The van der Waals surface area contributed by atoms with Crippen LogP contribution < -0.4 is 10.1 Å². The lowest BCUT2D eigenvalue weighted by molar-refractivity contribution is 0.381. The highest BCUT2D eigenvalue weighted by atomic mass is 16.5. The Labute approximate surface area is 240 Å². The third-order valence-electron chi connectivity index (χ3n) is 8.82. The summed E-state index contributed by atoms with van der Waals surface area (Å²) in [6, 6.07) is 45.7. The van der Waals surface area contributed by atoms with Crippen LogP contribution in [0.1, 0.15) is 24.0 Å². The van der Waals surface area contributed by atoms with Crippen molar-refractivity contribution in [3.05, 3.63) is 163 Å². The quantitative estimate of drug-likeness (QED) is 0.230. The lowest BCUT2D eigenvalue weighted by atomic mass is 9.67. The molecule has 0 amide bonds. The Bertz CT molecular complexity index is 2000. The smallest absolute Gasteiger partial charge is 0.130 e. The van der Waals surface area contributed by atoms with Crippen molar-refractivity contribution in [2.75, 3.05) is 5.32 Å². The van der Waals surface area contributed by atoms with Crippen molar-refractivity contribution >= 4 is 32.9 Å². The molecule has 8 rings (SSSR count). The fourth-order valence-corrected chi connectivity index (χ4v) is 6.71. The monoisotopic (exact) mass is 527 g/mol. The van der Waals surface area contributed by atoms with E-state index in [1.165, 1.54) is 43.8 Å². The van der Waals surface area contributed by atoms with Gasteiger partial charge in [0.15, 0.2) is 0 Å². The normalized spacial score (nSPS) is 19.0. The highest BCUT2D eigenvalue weighted by Gasteiger charge is 2.44. The lowest BCUT2D eigenvalue weighted by Gasteiger charge is -2.35. The van der Waals surface area contributed by atoms with Crippen LogP contribution in [0.4, 0.5) is 11.4 Å². The van der Waals surface area contributed by atoms with Crippen LogP contribution in [-0.4, -0.2) is 0 Å². The molecule has 0 spiro atoms. The molecule has 6 aromatic carbocycles. The van der Waals surface area contributed by atoms with Gasteiger partial charge in [0.2, 0.25) is 0 Å². The standard InChI is InChI=1S/C39H29NO/c1-39(25-7-14-37-38(39)35-10-4-5-13-36(35)41-37)28-18-22-30(23-19-28)40-29-20-15-27(16-21-29)32-11-6-12-33-31-9-3-2-8-26(31)17-24-34(32)33/h2-25,38,40H,1H3. The van der Waals surface area contributed by atoms with E-state index in [-0.39, 0.29) is 11.3 Å². The summed E-state index contributed by atoms with van der Waals surface area (Å²) in [5, 5.41) is 8.73. The molecule has 2 aliphatic rings. The minimum Gasteiger partial charge on any atom is -0.461 e. The van der Waals surface area contributed by atoms with Crippen LogP contribution in [0, 0.1) is 0 Å². The van der Waals surface area contributed by atoms with Gasteiger partial charge >= 0.3 is 0 Å². The Morgan fingerprint density at radius 2 is 1.37 bits per heavy atom. The van der Waals surface area contributed by atoms with Crippen LogP contribution in [0.3, 0.4) is 0 Å². The molecule has 2 atom stereocenters. The fourth-order valence-electron chi connectivity index (χ4n) is 6.71. The molecular weight excluding hydrogens is 498 g/mol. The lowest BCUT2D eigenvalue weighted by Crippen LogP contribution is -2.30. The number of anilines is 2. The number of benzene rings is 6. The van der Waals surface area contributed by atoms with Crippen LogP contribution in [0.5, 0.6) is 5.75 Å². The maximum atomic E-state index is 6.21. The first-order valence-electron chi connectivity index (χ1n) is 14.2. The van der Waals surface area contributed by atoms with Gasteiger partial charge in [0, 0.05) is 22.4 Å². The fraction of sp³-hybridized carbons (Fsp3) is 0.0769. The summed E-state index contributed by atoms with van der Waals surface area (Å²) >= 11 is 0. The third kappa shape index (κ3) is 3.87. The van der Waals surface area contributed by atoms with Crippen LogP contribution in [0.15, 0.2) is 151 Å². The van der Waals surface area contributed by atoms with Gasteiger partial charge in [0.1, 0.15) is 11.5 Å². The van der Waals surface area contributed by atoms with Crippen LogP contribution in [-0.2, 0) is 5.41 Å². The topological polar surface area (TPSA) is 21.3 Å². The first-order valence-corrected chi connectivity index (χ1v) is 14.2. The number of allylic oxidation sites excluding steroid dienone is 4. The molecule has 41 heavy (non-hydrogen) atoms. The molecule has 2 unspecified atom stereocenters. The van der Waals surface area contributed by atoms with Crippen molar-refractivity contribution in [3.63, 3.8) is 0 Å². The minimum absolute atomic E-state index is 0.180. The molecular formula is C39H29NO. The van der Waals surface area contributed by atoms with E-state index in [1.807, 2.05) is 6.07 Å². The summed E-state index contributed by atoms with van der Waals surface area (Å²) in [6.45, 7) is 2.31. The van der Waals surface area contributed by atoms with E-state index in [9.17, 15) is 0 Å². The van der Waals surface area contributed by atoms with Crippen molar-refractivity contribution in [2.24, 2.45) is 0 Å². The van der Waals surface area contributed by atoms with Crippen molar-refractivity contribution in [1.82, 2.24) is 0 Å². The maximum absolute atomic E-state index is 6.21.